The number of rotatable bonds is 5. The van der Waals surface area contributed by atoms with E-state index in [2.05, 4.69) is 0 Å². The number of ether oxygens (including phenoxy) is 1. The van der Waals surface area contributed by atoms with Gasteiger partial charge in [-0.3, -0.25) is 14.9 Å². The summed E-state index contributed by atoms with van der Waals surface area (Å²) in [5.41, 5.74) is -0.343. The molecule has 126 valence electrons. The van der Waals surface area contributed by atoms with Gasteiger partial charge in [-0.05, 0) is 12.0 Å². The fraction of sp³-hybridized carbons (Fsp3) is 0.462. The molecular weight excluding hydrogens is 328 g/mol. The molecule has 0 radical (unpaired) electrons. The van der Waals surface area contributed by atoms with Gasteiger partial charge in [0.15, 0.2) is 5.75 Å². The van der Waals surface area contributed by atoms with Crippen molar-refractivity contribution in [2.45, 2.75) is 11.8 Å². The summed E-state index contributed by atoms with van der Waals surface area (Å²) in [6.45, 7) is 1.63. The Morgan fingerprint density at radius 3 is 2.57 bits per heavy atom. The van der Waals surface area contributed by atoms with Crippen molar-refractivity contribution in [3.8, 4) is 5.75 Å². The quantitative estimate of drug-likeness (QED) is 0.622. The molecule has 1 fully saturated rings. The number of nitrogens with zero attached hydrogens (tertiary/aromatic N) is 2. The second kappa shape index (κ2) is 6.13. The molecule has 0 aliphatic carbocycles. The van der Waals surface area contributed by atoms with Crippen molar-refractivity contribution >= 4 is 21.7 Å². The third-order valence-electron chi connectivity index (χ3n) is 3.88. The van der Waals surface area contributed by atoms with Crippen LogP contribution in [0.2, 0.25) is 0 Å². The second-order valence-electron chi connectivity index (χ2n) is 5.33. The summed E-state index contributed by atoms with van der Waals surface area (Å²) in [5, 5.41) is 20.0. The van der Waals surface area contributed by atoms with Gasteiger partial charge in [-0.2, -0.15) is 4.31 Å². The lowest BCUT2D eigenvalue weighted by Crippen LogP contribution is -2.30. The van der Waals surface area contributed by atoms with E-state index in [1.54, 1.807) is 6.92 Å². The summed E-state index contributed by atoms with van der Waals surface area (Å²) in [4.78, 5) is 21.1. The molecule has 0 aromatic heterocycles. The first-order valence-corrected chi connectivity index (χ1v) is 8.18. The predicted molar refractivity (Wildman–Crippen MR) is 78.7 cm³/mol. The average molecular weight is 344 g/mol. The second-order valence-corrected chi connectivity index (χ2v) is 7.27. The van der Waals surface area contributed by atoms with Gasteiger partial charge in [0.05, 0.1) is 22.8 Å². The molecule has 0 unspecified atom stereocenters. The Labute approximate surface area is 132 Å². The van der Waals surface area contributed by atoms with Crippen LogP contribution < -0.4 is 4.74 Å². The van der Waals surface area contributed by atoms with Crippen molar-refractivity contribution < 1.29 is 28.0 Å². The molecule has 10 heteroatoms. The fourth-order valence-electron chi connectivity index (χ4n) is 2.56. The molecule has 0 spiro atoms. The van der Waals surface area contributed by atoms with Crippen molar-refractivity contribution in [1.29, 1.82) is 0 Å². The molecule has 9 nitrogen and oxygen atoms in total. The molecule has 1 aromatic carbocycles. The molecule has 1 aromatic rings. The molecule has 2 atom stereocenters. The highest BCUT2D eigenvalue weighted by Gasteiger charge is 2.41. The van der Waals surface area contributed by atoms with E-state index < -0.39 is 26.8 Å². The van der Waals surface area contributed by atoms with Crippen molar-refractivity contribution in [2.24, 2.45) is 11.8 Å². The summed E-state index contributed by atoms with van der Waals surface area (Å²) in [7, 11) is -2.74. The number of methoxy groups -OCH3 is 1. The molecule has 1 aliphatic heterocycles. The summed E-state index contributed by atoms with van der Waals surface area (Å²) in [6.07, 6.45) is 0. The van der Waals surface area contributed by atoms with E-state index in [1.165, 1.54) is 7.11 Å². The lowest BCUT2D eigenvalue weighted by atomic mass is 9.99. The molecule has 1 aliphatic rings. The Balaban J connectivity index is 2.37. The summed E-state index contributed by atoms with van der Waals surface area (Å²) in [5.74, 6) is -2.30. The van der Waals surface area contributed by atoms with E-state index in [-0.39, 0.29) is 35.3 Å². The standard InChI is InChI=1S/C13H16N2O7S/c1-8-6-14(7-10(8)13(16)17)23(20,21)9-3-4-11(15(18)19)12(5-9)22-2/h3-5,8,10H,6-7H2,1-2H3,(H,16,17)/t8-,10-/m1/s1. The van der Waals surface area contributed by atoms with Crippen LogP contribution in [0.1, 0.15) is 6.92 Å². The van der Waals surface area contributed by atoms with Gasteiger partial charge in [0.1, 0.15) is 0 Å². The minimum absolute atomic E-state index is 0.0819. The Morgan fingerprint density at radius 1 is 1.43 bits per heavy atom. The first kappa shape index (κ1) is 17.2. The number of aliphatic carboxylic acids is 1. The maximum atomic E-state index is 12.6. The molecule has 0 bridgehead atoms. The summed E-state index contributed by atoms with van der Waals surface area (Å²) < 4.78 is 31.2. The van der Waals surface area contributed by atoms with Gasteiger partial charge in [-0.25, -0.2) is 8.42 Å². The van der Waals surface area contributed by atoms with Gasteiger partial charge in [-0.15, -0.1) is 0 Å². The maximum Gasteiger partial charge on any atom is 0.310 e. The third-order valence-corrected chi connectivity index (χ3v) is 5.71. The van der Waals surface area contributed by atoms with Gasteiger partial charge >= 0.3 is 11.7 Å². The van der Waals surface area contributed by atoms with Crippen LogP contribution in [0.5, 0.6) is 5.75 Å². The van der Waals surface area contributed by atoms with E-state index in [4.69, 9.17) is 9.84 Å². The monoisotopic (exact) mass is 344 g/mol. The van der Waals surface area contributed by atoms with Gasteiger partial charge < -0.3 is 9.84 Å². The Kier molecular flexibility index (Phi) is 4.57. The number of nitro groups is 1. The molecule has 1 saturated heterocycles. The van der Waals surface area contributed by atoms with Gasteiger partial charge in [0, 0.05) is 25.2 Å². The Hall–Kier alpha value is -2.20. The van der Waals surface area contributed by atoms with Crippen LogP contribution in [0.4, 0.5) is 5.69 Å². The average Bonchev–Trinajstić information content (AvgIpc) is 2.89. The van der Waals surface area contributed by atoms with E-state index >= 15 is 0 Å². The van der Waals surface area contributed by atoms with E-state index in [0.717, 1.165) is 22.5 Å². The number of nitro benzene ring substituents is 1. The van der Waals surface area contributed by atoms with Crippen LogP contribution in [-0.4, -0.2) is 48.9 Å². The summed E-state index contributed by atoms with van der Waals surface area (Å²) in [6, 6.07) is 3.25. The minimum Gasteiger partial charge on any atom is -0.490 e. The fourth-order valence-corrected chi connectivity index (χ4v) is 4.14. The molecule has 0 amide bonds. The first-order chi connectivity index (χ1) is 10.7. The van der Waals surface area contributed by atoms with Gasteiger partial charge in [0.25, 0.3) is 0 Å². The number of carboxylic acids is 1. The smallest absolute Gasteiger partial charge is 0.310 e. The third kappa shape index (κ3) is 3.13. The number of benzene rings is 1. The first-order valence-electron chi connectivity index (χ1n) is 6.74. The van der Waals surface area contributed by atoms with Gasteiger partial charge in [-0.1, -0.05) is 6.92 Å². The molecule has 2 rings (SSSR count). The van der Waals surface area contributed by atoms with Crippen LogP contribution in [0.25, 0.3) is 0 Å². The lowest BCUT2D eigenvalue weighted by molar-refractivity contribution is -0.385. The van der Waals surface area contributed by atoms with Crippen molar-refractivity contribution in [2.75, 3.05) is 20.2 Å². The van der Waals surface area contributed by atoms with Crippen LogP contribution in [-0.2, 0) is 14.8 Å². The zero-order valence-electron chi connectivity index (χ0n) is 12.5. The Morgan fingerprint density at radius 2 is 2.09 bits per heavy atom. The highest BCUT2D eigenvalue weighted by molar-refractivity contribution is 7.89. The van der Waals surface area contributed by atoms with Crippen LogP contribution in [0.15, 0.2) is 23.1 Å². The number of carbonyl (C=O) groups is 1. The van der Waals surface area contributed by atoms with Gasteiger partial charge in [0.2, 0.25) is 10.0 Å². The van der Waals surface area contributed by atoms with E-state index in [9.17, 15) is 23.3 Å². The predicted octanol–water partition coefficient (Wildman–Crippen LogP) is 0.945. The maximum absolute atomic E-state index is 12.6. The Bertz CT molecular complexity index is 747. The molecular formula is C13H16N2O7S. The zero-order chi connectivity index (χ0) is 17.4. The minimum atomic E-state index is -3.95. The van der Waals surface area contributed by atoms with Crippen LogP contribution in [0, 0.1) is 22.0 Å². The van der Waals surface area contributed by atoms with Crippen molar-refractivity contribution in [1.82, 2.24) is 4.31 Å². The van der Waals surface area contributed by atoms with E-state index in [1.807, 2.05) is 0 Å². The van der Waals surface area contributed by atoms with E-state index in [0.29, 0.717) is 0 Å². The topological polar surface area (TPSA) is 127 Å². The highest BCUT2D eigenvalue weighted by Crippen LogP contribution is 2.33. The SMILES string of the molecule is COc1cc(S(=O)(=O)N2C[C@@H](C)[C@H](C(=O)O)C2)ccc1[N+](=O)[O-]. The number of hydrogen-bond donors (Lipinski definition) is 1. The number of carboxylic acid groups (broad SMARTS) is 1. The normalized spacial score (nSPS) is 22.0. The zero-order valence-corrected chi connectivity index (χ0v) is 13.3. The van der Waals surface area contributed by atoms with Crippen molar-refractivity contribution in [3.63, 3.8) is 0 Å². The molecule has 23 heavy (non-hydrogen) atoms. The highest BCUT2D eigenvalue weighted by atomic mass is 32.2. The van der Waals surface area contributed by atoms with Crippen molar-refractivity contribution in [3.05, 3.63) is 28.3 Å². The molecule has 0 saturated carbocycles. The van der Waals surface area contributed by atoms with Crippen LogP contribution in [0.3, 0.4) is 0 Å². The molecule has 1 N–H and O–H groups in total. The van der Waals surface area contributed by atoms with Crippen LogP contribution >= 0.6 is 0 Å². The lowest BCUT2D eigenvalue weighted by Gasteiger charge is -2.16. The summed E-state index contributed by atoms with van der Waals surface area (Å²) >= 11 is 0. The number of hydrogen-bond acceptors (Lipinski definition) is 6. The number of sulfonamides is 1. The largest absolute Gasteiger partial charge is 0.490 e. The molecule has 1 heterocycles.